The molecular formula is C20H19NO4. The Labute approximate surface area is 145 Å². The van der Waals surface area contributed by atoms with E-state index in [1.165, 1.54) is 6.92 Å². The van der Waals surface area contributed by atoms with Crippen LogP contribution in [0.5, 0.6) is 0 Å². The van der Waals surface area contributed by atoms with Crippen LogP contribution in [0.25, 0.3) is 0 Å². The van der Waals surface area contributed by atoms with Crippen LogP contribution in [0.2, 0.25) is 0 Å². The van der Waals surface area contributed by atoms with Crippen LogP contribution in [-0.4, -0.2) is 40.8 Å². The van der Waals surface area contributed by atoms with Gasteiger partial charge in [0.1, 0.15) is 0 Å². The maximum absolute atomic E-state index is 12.7. The minimum absolute atomic E-state index is 0.0599. The summed E-state index contributed by atoms with van der Waals surface area (Å²) in [5, 5.41) is 9.54. The highest BCUT2D eigenvalue weighted by atomic mass is 16.4. The fourth-order valence-corrected chi connectivity index (χ4v) is 3.29. The molecule has 2 unspecified atom stereocenters. The molecule has 1 aliphatic heterocycles. The van der Waals surface area contributed by atoms with E-state index in [4.69, 9.17) is 0 Å². The van der Waals surface area contributed by atoms with Gasteiger partial charge < -0.3 is 10.0 Å². The van der Waals surface area contributed by atoms with Gasteiger partial charge in [-0.15, -0.1) is 0 Å². The van der Waals surface area contributed by atoms with Gasteiger partial charge in [0.05, 0.1) is 5.92 Å². The summed E-state index contributed by atoms with van der Waals surface area (Å²) < 4.78 is 0. The van der Waals surface area contributed by atoms with Gasteiger partial charge in [0.25, 0.3) is 5.91 Å². The van der Waals surface area contributed by atoms with Crippen molar-refractivity contribution in [3.05, 3.63) is 71.3 Å². The summed E-state index contributed by atoms with van der Waals surface area (Å²) in [6, 6.07) is 15.9. The van der Waals surface area contributed by atoms with Gasteiger partial charge in [0, 0.05) is 30.1 Å². The lowest BCUT2D eigenvalue weighted by atomic mass is 9.89. The number of ketones is 1. The lowest BCUT2D eigenvalue weighted by Crippen LogP contribution is -2.29. The van der Waals surface area contributed by atoms with E-state index in [0.717, 1.165) is 5.56 Å². The van der Waals surface area contributed by atoms with Crippen LogP contribution in [0.15, 0.2) is 54.6 Å². The number of Topliss-reactive ketones (excluding diaryl/α,β-unsaturated/α-hetero) is 1. The van der Waals surface area contributed by atoms with Gasteiger partial charge in [-0.25, -0.2) is 0 Å². The number of aliphatic carboxylic acids is 1. The molecule has 0 saturated carbocycles. The minimum atomic E-state index is -0.893. The quantitative estimate of drug-likeness (QED) is 0.871. The fourth-order valence-electron chi connectivity index (χ4n) is 3.29. The standard InChI is InChI=1S/C20H19NO4/c1-13(22)14-7-9-16(10-8-14)19(23)21-11-17(18(12-21)20(24)25)15-5-3-2-4-6-15/h2-10,17-18H,11-12H2,1H3,(H,24,25). The van der Waals surface area contributed by atoms with Crippen LogP contribution in [0.3, 0.4) is 0 Å². The van der Waals surface area contributed by atoms with E-state index in [2.05, 4.69) is 0 Å². The zero-order valence-electron chi connectivity index (χ0n) is 13.9. The number of carbonyl (C=O) groups excluding carboxylic acids is 2. The van der Waals surface area contributed by atoms with Gasteiger partial charge >= 0.3 is 5.97 Å². The molecule has 1 aliphatic rings. The molecule has 0 spiro atoms. The second kappa shape index (κ2) is 6.89. The molecule has 128 valence electrons. The smallest absolute Gasteiger partial charge is 0.308 e. The maximum Gasteiger partial charge on any atom is 0.308 e. The van der Waals surface area contributed by atoms with Crippen LogP contribution in [-0.2, 0) is 4.79 Å². The third kappa shape index (κ3) is 3.45. The Morgan fingerprint density at radius 3 is 2.08 bits per heavy atom. The number of nitrogens with zero attached hydrogens (tertiary/aromatic N) is 1. The van der Waals surface area contributed by atoms with E-state index < -0.39 is 11.9 Å². The molecule has 2 aromatic carbocycles. The largest absolute Gasteiger partial charge is 0.481 e. The normalized spacial score (nSPS) is 19.6. The zero-order chi connectivity index (χ0) is 18.0. The van der Waals surface area contributed by atoms with Crippen molar-refractivity contribution in [1.29, 1.82) is 0 Å². The topological polar surface area (TPSA) is 74.7 Å². The van der Waals surface area contributed by atoms with Gasteiger partial charge in [-0.05, 0) is 24.6 Å². The molecule has 1 saturated heterocycles. The Balaban J connectivity index is 1.82. The number of hydrogen-bond donors (Lipinski definition) is 1. The second-order valence-electron chi connectivity index (χ2n) is 6.31. The lowest BCUT2D eigenvalue weighted by Gasteiger charge is -2.16. The summed E-state index contributed by atoms with van der Waals surface area (Å²) >= 11 is 0. The average molecular weight is 337 g/mol. The Bertz CT molecular complexity index is 798. The maximum atomic E-state index is 12.7. The number of carboxylic acid groups (broad SMARTS) is 1. The monoisotopic (exact) mass is 337 g/mol. The Kier molecular flexibility index (Phi) is 4.65. The summed E-state index contributed by atoms with van der Waals surface area (Å²) in [5.74, 6) is -2.01. The number of amides is 1. The van der Waals surface area contributed by atoms with Crippen LogP contribution in [0, 0.1) is 5.92 Å². The fraction of sp³-hybridized carbons (Fsp3) is 0.250. The molecule has 25 heavy (non-hydrogen) atoms. The third-order valence-electron chi connectivity index (χ3n) is 4.69. The van der Waals surface area contributed by atoms with E-state index in [9.17, 15) is 19.5 Å². The Morgan fingerprint density at radius 1 is 0.920 bits per heavy atom. The molecule has 5 heteroatoms. The van der Waals surface area contributed by atoms with Crippen LogP contribution in [0.1, 0.15) is 39.1 Å². The number of rotatable bonds is 4. The number of carbonyl (C=O) groups is 3. The van der Waals surface area contributed by atoms with Crippen molar-refractivity contribution in [1.82, 2.24) is 4.90 Å². The number of hydrogen-bond acceptors (Lipinski definition) is 3. The van der Waals surface area contributed by atoms with Crippen molar-refractivity contribution >= 4 is 17.7 Å². The number of benzene rings is 2. The summed E-state index contributed by atoms with van der Waals surface area (Å²) in [7, 11) is 0. The van der Waals surface area contributed by atoms with Gasteiger partial charge in [0.2, 0.25) is 0 Å². The molecule has 5 nitrogen and oxygen atoms in total. The van der Waals surface area contributed by atoms with Crippen molar-refractivity contribution in [2.75, 3.05) is 13.1 Å². The van der Waals surface area contributed by atoms with E-state index in [0.29, 0.717) is 17.7 Å². The Morgan fingerprint density at radius 2 is 1.52 bits per heavy atom. The molecule has 0 bridgehead atoms. The molecule has 0 radical (unpaired) electrons. The molecule has 1 fully saturated rings. The highest BCUT2D eigenvalue weighted by Crippen LogP contribution is 2.33. The average Bonchev–Trinajstić information content (AvgIpc) is 3.07. The van der Waals surface area contributed by atoms with Gasteiger partial charge in [0.15, 0.2) is 5.78 Å². The van der Waals surface area contributed by atoms with Crippen molar-refractivity contribution in [2.24, 2.45) is 5.92 Å². The van der Waals surface area contributed by atoms with E-state index >= 15 is 0 Å². The summed E-state index contributed by atoms with van der Waals surface area (Å²) in [6.07, 6.45) is 0. The number of carboxylic acids is 1. The van der Waals surface area contributed by atoms with Crippen LogP contribution >= 0.6 is 0 Å². The van der Waals surface area contributed by atoms with E-state index in [1.54, 1.807) is 29.2 Å². The molecule has 2 atom stereocenters. The lowest BCUT2D eigenvalue weighted by molar-refractivity contribution is -0.141. The molecule has 2 aromatic rings. The molecule has 1 amide bonds. The summed E-state index contributed by atoms with van der Waals surface area (Å²) in [5.41, 5.74) is 1.93. The van der Waals surface area contributed by atoms with Crippen molar-refractivity contribution in [3.63, 3.8) is 0 Å². The van der Waals surface area contributed by atoms with Gasteiger partial charge in [-0.3, -0.25) is 14.4 Å². The third-order valence-corrected chi connectivity index (χ3v) is 4.69. The second-order valence-corrected chi connectivity index (χ2v) is 6.31. The van der Waals surface area contributed by atoms with Gasteiger partial charge in [-0.2, -0.15) is 0 Å². The Hall–Kier alpha value is -2.95. The molecule has 0 aromatic heterocycles. The summed E-state index contributed by atoms with van der Waals surface area (Å²) in [4.78, 5) is 37.3. The SMILES string of the molecule is CC(=O)c1ccc(C(=O)N2CC(C(=O)O)C(c3ccccc3)C2)cc1. The first kappa shape index (κ1) is 16.9. The first-order valence-corrected chi connectivity index (χ1v) is 8.15. The van der Waals surface area contributed by atoms with Crippen LogP contribution < -0.4 is 0 Å². The van der Waals surface area contributed by atoms with Crippen LogP contribution in [0.4, 0.5) is 0 Å². The van der Waals surface area contributed by atoms with Gasteiger partial charge in [-0.1, -0.05) is 42.5 Å². The van der Waals surface area contributed by atoms with Crippen molar-refractivity contribution < 1.29 is 19.5 Å². The van der Waals surface area contributed by atoms with Crippen molar-refractivity contribution in [3.8, 4) is 0 Å². The predicted molar refractivity (Wildman–Crippen MR) is 92.7 cm³/mol. The predicted octanol–water partition coefficient (Wildman–Crippen LogP) is 2.83. The zero-order valence-corrected chi connectivity index (χ0v) is 13.9. The van der Waals surface area contributed by atoms with E-state index in [-0.39, 0.29) is 24.2 Å². The molecule has 1 heterocycles. The molecule has 0 aliphatic carbocycles. The first-order chi connectivity index (χ1) is 12.0. The van der Waals surface area contributed by atoms with Crippen molar-refractivity contribution in [2.45, 2.75) is 12.8 Å². The molecule has 1 N–H and O–H groups in total. The summed E-state index contributed by atoms with van der Waals surface area (Å²) in [6.45, 7) is 2.02. The highest BCUT2D eigenvalue weighted by molar-refractivity contribution is 5.98. The molecule has 3 rings (SSSR count). The first-order valence-electron chi connectivity index (χ1n) is 8.15. The minimum Gasteiger partial charge on any atom is -0.481 e. The highest BCUT2D eigenvalue weighted by Gasteiger charge is 2.40. The molecular weight excluding hydrogens is 318 g/mol. The van der Waals surface area contributed by atoms with E-state index in [1.807, 2.05) is 30.3 Å². The number of likely N-dealkylation sites (tertiary alicyclic amines) is 1.